The van der Waals surface area contributed by atoms with Gasteiger partial charge < -0.3 is 5.73 Å². The van der Waals surface area contributed by atoms with Gasteiger partial charge in [0.25, 0.3) is 0 Å². The summed E-state index contributed by atoms with van der Waals surface area (Å²) in [5.41, 5.74) is 8.46. The number of aromatic nitrogens is 3. The lowest BCUT2D eigenvalue weighted by atomic mass is 10.0. The molecule has 2 rings (SSSR count). The van der Waals surface area contributed by atoms with Crippen molar-refractivity contribution >= 4 is 0 Å². The van der Waals surface area contributed by atoms with E-state index in [1.165, 1.54) is 5.56 Å². The number of rotatable bonds is 5. The Kier molecular flexibility index (Phi) is 4.29. The summed E-state index contributed by atoms with van der Waals surface area (Å²) < 4.78 is 1.81. The van der Waals surface area contributed by atoms with Crippen molar-refractivity contribution < 1.29 is 0 Å². The van der Waals surface area contributed by atoms with Gasteiger partial charge >= 0.3 is 0 Å². The lowest BCUT2D eigenvalue weighted by molar-refractivity contribution is 0.210. The first-order valence-corrected chi connectivity index (χ1v) is 6.41. The predicted octanol–water partition coefficient (Wildman–Crippen LogP) is 1.34. The monoisotopic (exact) mass is 259 g/mol. The molecule has 19 heavy (non-hydrogen) atoms. The number of nitrogens with zero attached hydrogens (tertiary/aromatic N) is 4. The van der Waals surface area contributed by atoms with Crippen LogP contribution in [-0.4, -0.2) is 32.8 Å². The number of likely N-dealkylation sites (N-methyl/N-ethyl adjacent to an activating group) is 1. The molecule has 102 valence electrons. The van der Waals surface area contributed by atoms with E-state index in [9.17, 15) is 0 Å². The normalized spacial score (nSPS) is 14.6. The maximum absolute atomic E-state index is 6.14. The standard InChI is InChI=1S/C14H21N5/c1-11(15)14(13-8-17-19(3)10-13)18(2)9-12-5-4-6-16-7-12/h4-8,10-11,14H,9,15H2,1-3H3. The van der Waals surface area contributed by atoms with Crippen molar-refractivity contribution in [1.29, 1.82) is 0 Å². The second kappa shape index (κ2) is 5.95. The smallest absolute Gasteiger partial charge is 0.0538 e. The molecule has 0 amide bonds. The molecule has 2 N–H and O–H groups in total. The molecule has 2 atom stereocenters. The Labute approximate surface area is 114 Å². The maximum atomic E-state index is 6.14. The molecule has 0 aliphatic rings. The SMILES string of the molecule is CC(N)C(c1cnn(C)c1)N(C)Cc1cccnc1. The lowest BCUT2D eigenvalue weighted by Crippen LogP contribution is -2.36. The highest BCUT2D eigenvalue weighted by Crippen LogP contribution is 2.23. The molecular weight excluding hydrogens is 238 g/mol. The van der Waals surface area contributed by atoms with Crippen LogP contribution in [0.4, 0.5) is 0 Å². The van der Waals surface area contributed by atoms with E-state index in [4.69, 9.17) is 5.73 Å². The topological polar surface area (TPSA) is 60.0 Å². The summed E-state index contributed by atoms with van der Waals surface area (Å²) in [5, 5.41) is 4.23. The molecule has 0 saturated heterocycles. The van der Waals surface area contributed by atoms with Gasteiger partial charge in [0.2, 0.25) is 0 Å². The van der Waals surface area contributed by atoms with Crippen LogP contribution in [0.5, 0.6) is 0 Å². The van der Waals surface area contributed by atoms with Crippen LogP contribution < -0.4 is 5.73 Å². The molecule has 0 fully saturated rings. The van der Waals surface area contributed by atoms with Crippen molar-refractivity contribution in [3.05, 3.63) is 48.0 Å². The van der Waals surface area contributed by atoms with Crippen molar-refractivity contribution in [3.8, 4) is 0 Å². The number of hydrogen-bond donors (Lipinski definition) is 1. The van der Waals surface area contributed by atoms with Crippen LogP contribution in [0.25, 0.3) is 0 Å². The van der Waals surface area contributed by atoms with Crippen LogP contribution in [0.1, 0.15) is 24.1 Å². The summed E-state index contributed by atoms with van der Waals surface area (Å²) in [7, 11) is 4.00. The molecule has 0 radical (unpaired) electrons. The summed E-state index contributed by atoms with van der Waals surface area (Å²) in [4.78, 5) is 6.38. The predicted molar refractivity (Wildman–Crippen MR) is 75.3 cm³/mol. The molecule has 0 bridgehead atoms. The maximum Gasteiger partial charge on any atom is 0.0538 e. The van der Waals surface area contributed by atoms with Crippen LogP contribution in [0.2, 0.25) is 0 Å². The van der Waals surface area contributed by atoms with Crippen LogP contribution in [0, 0.1) is 0 Å². The Hall–Kier alpha value is -1.72. The molecule has 0 saturated carbocycles. The Morgan fingerprint density at radius 3 is 2.74 bits per heavy atom. The van der Waals surface area contributed by atoms with Gasteiger partial charge in [0.1, 0.15) is 0 Å². The Bertz CT molecular complexity index is 506. The Morgan fingerprint density at radius 1 is 1.42 bits per heavy atom. The quantitative estimate of drug-likeness (QED) is 0.880. The molecular formula is C14H21N5. The second-order valence-electron chi connectivity index (χ2n) is 5.03. The van der Waals surface area contributed by atoms with Gasteiger partial charge in [0, 0.05) is 43.8 Å². The van der Waals surface area contributed by atoms with Crippen molar-refractivity contribution in [3.63, 3.8) is 0 Å². The number of pyridine rings is 1. The Morgan fingerprint density at radius 2 is 2.21 bits per heavy atom. The summed E-state index contributed by atoms with van der Waals surface area (Å²) in [6.45, 7) is 2.84. The lowest BCUT2D eigenvalue weighted by Gasteiger charge is -2.30. The van der Waals surface area contributed by atoms with E-state index in [2.05, 4.69) is 28.1 Å². The van der Waals surface area contributed by atoms with Crippen LogP contribution >= 0.6 is 0 Å². The molecule has 0 aromatic carbocycles. The van der Waals surface area contributed by atoms with E-state index in [0.717, 1.165) is 12.1 Å². The molecule has 2 aromatic heterocycles. The molecule has 2 unspecified atom stereocenters. The van der Waals surface area contributed by atoms with E-state index >= 15 is 0 Å². The van der Waals surface area contributed by atoms with E-state index in [0.29, 0.717) is 0 Å². The van der Waals surface area contributed by atoms with Crippen molar-refractivity contribution in [2.45, 2.75) is 25.6 Å². The number of aryl methyl sites for hydroxylation is 1. The average Bonchev–Trinajstić information content (AvgIpc) is 2.76. The molecule has 5 heteroatoms. The fourth-order valence-corrected chi connectivity index (χ4v) is 2.43. The molecule has 0 aliphatic carbocycles. The summed E-state index contributed by atoms with van der Waals surface area (Å²) >= 11 is 0. The first-order valence-electron chi connectivity index (χ1n) is 6.41. The zero-order valence-electron chi connectivity index (χ0n) is 11.7. The van der Waals surface area contributed by atoms with E-state index in [1.807, 2.05) is 43.3 Å². The van der Waals surface area contributed by atoms with E-state index in [-0.39, 0.29) is 12.1 Å². The first-order chi connectivity index (χ1) is 9.08. The average molecular weight is 259 g/mol. The molecule has 5 nitrogen and oxygen atoms in total. The van der Waals surface area contributed by atoms with E-state index < -0.39 is 0 Å². The van der Waals surface area contributed by atoms with Crippen LogP contribution in [0.3, 0.4) is 0 Å². The zero-order chi connectivity index (χ0) is 13.8. The van der Waals surface area contributed by atoms with Gasteiger partial charge in [-0.25, -0.2) is 0 Å². The molecule has 0 aliphatic heterocycles. The first kappa shape index (κ1) is 13.7. The minimum Gasteiger partial charge on any atom is -0.326 e. The van der Waals surface area contributed by atoms with Crippen LogP contribution in [-0.2, 0) is 13.6 Å². The van der Waals surface area contributed by atoms with Gasteiger partial charge in [-0.2, -0.15) is 5.10 Å². The summed E-state index contributed by atoms with van der Waals surface area (Å²) in [6.07, 6.45) is 7.58. The highest BCUT2D eigenvalue weighted by atomic mass is 15.2. The van der Waals surface area contributed by atoms with Gasteiger partial charge in [-0.3, -0.25) is 14.6 Å². The van der Waals surface area contributed by atoms with Crippen LogP contribution in [0.15, 0.2) is 36.9 Å². The van der Waals surface area contributed by atoms with Crippen molar-refractivity contribution in [1.82, 2.24) is 19.7 Å². The third-order valence-electron chi connectivity index (χ3n) is 3.19. The van der Waals surface area contributed by atoms with Gasteiger partial charge in [0.15, 0.2) is 0 Å². The van der Waals surface area contributed by atoms with Gasteiger partial charge in [0.05, 0.1) is 12.2 Å². The largest absolute Gasteiger partial charge is 0.326 e. The number of nitrogens with two attached hydrogens (primary N) is 1. The third kappa shape index (κ3) is 3.39. The van der Waals surface area contributed by atoms with Crippen molar-refractivity contribution in [2.75, 3.05) is 7.05 Å². The fourth-order valence-electron chi connectivity index (χ4n) is 2.43. The van der Waals surface area contributed by atoms with Gasteiger partial charge in [-0.15, -0.1) is 0 Å². The summed E-state index contributed by atoms with van der Waals surface area (Å²) in [5.74, 6) is 0. The Balaban J connectivity index is 2.15. The minimum atomic E-state index is 0.0332. The van der Waals surface area contributed by atoms with Crippen molar-refractivity contribution in [2.24, 2.45) is 12.8 Å². The summed E-state index contributed by atoms with van der Waals surface area (Å²) in [6, 6.07) is 4.21. The van der Waals surface area contributed by atoms with Gasteiger partial charge in [-0.1, -0.05) is 6.07 Å². The second-order valence-corrected chi connectivity index (χ2v) is 5.03. The molecule has 0 spiro atoms. The third-order valence-corrected chi connectivity index (χ3v) is 3.19. The number of hydrogen-bond acceptors (Lipinski definition) is 4. The zero-order valence-corrected chi connectivity index (χ0v) is 11.7. The minimum absolute atomic E-state index is 0.0332. The van der Waals surface area contributed by atoms with Gasteiger partial charge in [-0.05, 0) is 25.6 Å². The molecule has 2 heterocycles. The highest BCUT2D eigenvalue weighted by Gasteiger charge is 2.22. The fraction of sp³-hybridized carbons (Fsp3) is 0.429. The highest BCUT2D eigenvalue weighted by molar-refractivity contribution is 5.15. The van der Waals surface area contributed by atoms with E-state index in [1.54, 1.807) is 6.20 Å². The molecule has 2 aromatic rings.